The average molecular weight is 285 g/mol. The SMILES string of the molecule is O=[N+]([O-])c1c(Cl)ncnc1I. The fourth-order valence-corrected chi connectivity index (χ4v) is 1.43. The molecule has 7 heteroatoms. The monoisotopic (exact) mass is 285 g/mol. The summed E-state index contributed by atoms with van der Waals surface area (Å²) in [5.74, 6) is 0. The Labute approximate surface area is 80.1 Å². The van der Waals surface area contributed by atoms with Crippen molar-refractivity contribution in [3.63, 3.8) is 0 Å². The molecule has 0 atom stereocenters. The van der Waals surface area contributed by atoms with E-state index in [0.29, 0.717) is 0 Å². The fourth-order valence-electron chi connectivity index (χ4n) is 0.488. The third-order valence-corrected chi connectivity index (χ3v) is 1.98. The Morgan fingerprint density at radius 3 is 2.64 bits per heavy atom. The van der Waals surface area contributed by atoms with Crippen LogP contribution in [0.25, 0.3) is 0 Å². The van der Waals surface area contributed by atoms with E-state index in [0.717, 1.165) is 0 Å². The minimum atomic E-state index is -0.607. The van der Waals surface area contributed by atoms with Gasteiger partial charge in [0.1, 0.15) is 6.33 Å². The fraction of sp³-hybridized carbons (Fsp3) is 0. The summed E-state index contributed by atoms with van der Waals surface area (Å²) in [6.07, 6.45) is 1.18. The van der Waals surface area contributed by atoms with E-state index in [4.69, 9.17) is 11.6 Å². The van der Waals surface area contributed by atoms with Gasteiger partial charge < -0.3 is 0 Å². The van der Waals surface area contributed by atoms with Crippen LogP contribution in [-0.4, -0.2) is 14.9 Å². The topological polar surface area (TPSA) is 68.9 Å². The highest BCUT2D eigenvalue weighted by Gasteiger charge is 2.18. The third-order valence-electron chi connectivity index (χ3n) is 0.916. The van der Waals surface area contributed by atoms with Crippen molar-refractivity contribution in [1.82, 2.24) is 9.97 Å². The molecule has 0 aliphatic carbocycles. The number of halogens is 2. The summed E-state index contributed by atoms with van der Waals surface area (Å²) in [6.45, 7) is 0. The van der Waals surface area contributed by atoms with Crippen molar-refractivity contribution in [2.75, 3.05) is 0 Å². The van der Waals surface area contributed by atoms with E-state index in [2.05, 4.69) is 9.97 Å². The molecule has 0 saturated heterocycles. The van der Waals surface area contributed by atoms with Crippen LogP contribution in [-0.2, 0) is 0 Å². The molecule has 0 aromatic carbocycles. The lowest BCUT2D eigenvalue weighted by Gasteiger charge is -1.93. The van der Waals surface area contributed by atoms with E-state index in [1.807, 2.05) is 0 Å². The maximum absolute atomic E-state index is 10.3. The van der Waals surface area contributed by atoms with Crippen molar-refractivity contribution >= 4 is 39.9 Å². The predicted octanol–water partition coefficient (Wildman–Crippen LogP) is 1.64. The summed E-state index contributed by atoms with van der Waals surface area (Å²) >= 11 is 7.15. The highest BCUT2D eigenvalue weighted by molar-refractivity contribution is 14.1. The van der Waals surface area contributed by atoms with Crippen LogP contribution in [0.1, 0.15) is 0 Å². The largest absolute Gasteiger partial charge is 0.338 e. The number of nitro groups is 1. The van der Waals surface area contributed by atoms with Gasteiger partial charge in [0.15, 0.2) is 3.70 Å². The first-order valence-corrected chi connectivity index (χ1v) is 3.89. The normalized spacial score (nSPS) is 9.64. The minimum Gasteiger partial charge on any atom is -0.258 e. The molecule has 0 fully saturated rings. The zero-order chi connectivity index (χ0) is 8.43. The highest BCUT2D eigenvalue weighted by atomic mass is 127. The molecule has 11 heavy (non-hydrogen) atoms. The standard InChI is InChI=1S/C4HClIN3O2/c5-3-2(9(10)11)4(6)8-1-7-3/h1H. The van der Waals surface area contributed by atoms with Crippen molar-refractivity contribution in [3.05, 3.63) is 25.3 Å². The van der Waals surface area contributed by atoms with Gasteiger partial charge in [-0.3, -0.25) is 10.1 Å². The summed E-state index contributed by atoms with van der Waals surface area (Å²) in [4.78, 5) is 16.8. The molecule has 0 amide bonds. The Morgan fingerprint density at radius 1 is 1.64 bits per heavy atom. The Kier molecular flexibility index (Phi) is 2.55. The van der Waals surface area contributed by atoms with E-state index in [1.54, 1.807) is 22.6 Å². The van der Waals surface area contributed by atoms with Gasteiger partial charge in [-0.2, -0.15) is 0 Å². The molecular formula is C4HClIN3O2. The zero-order valence-electron chi connectivity index (χ0n) is 4.99. The molecule has 0 aliphatic heterocycles. The van der Waals surface area contributed by atoms with E-state index in [-0.39, 0.29) is 14.5 Å². The molecular weight excluding hydrogens is 284 g/mol. The summed E-state index contributed by atoms with van der Waals surface area (Å²) < 4.78 is 0.243. The molecule has 0 spiro atoms. The van der Waals surface area contributed by atoms with Crippen LogP contribution in [0.4, 0.5) is 5.69 Å². The Bertz CT molecular complexity index is 285. The van der Waals surface area contributed by atoms with Crippen molar-refractivity contribution < 1.29 is 4.92 Å². The lowest BCUT2D eigenvalue weighted by atomic mass is 10.6. The molecule has 0 radical (unpaired) electrons. The van der Waals surface area contributed by atoms with Gasteiger partial charge in [-0.15, -0.1) is 0 Å². The van der Waals surface area contributed by atoms with Crippen LogP contribution in [0.5, 0.6) is 0 Å². The molecule has 0 saturated carbocycles. The van der Waals surface area contributed by atoms with Crippen molar-refractivity contribution in [2.24, 2.45) is 0 Å². The number of aromatic nitrogens is 2. The third kappa shape index (κ3) is 1.74. The van der Waals surface area contributed by atoms with E-state index in [1.165, 1.54) is 6.33 Å². The first kappa shape index (κ1) is 8.60. The van der Waals surface area contributed by atoms with Gasteiger partial charge >= 0.3 is 5.69 Å². The Balaban J connectivity index is 3.32. The first-order chi connectivity index (χ1) is 5.13. The van der Waals surface area contributed by atoms with Gasteiger partial charge in [0, 0.05) is 0 Å². The van der Waals surface area contributed by atoms with E-state index in [9.17, 15) is 10.1 Å². The Morgan fingerprint density at radius 2 is 2.27 bits per heavy atom. The van der Waals surface area contributed by atoms with Gasteiger partial charge in [0.2, 0.25) is 5.15 Å². The molecule has 0 aliphatic rings. The lowest BCUT2D eigenvalue weighted by Crippen LogP contribution is -1.96. The Hall–Kier alpha value is -0.500. The molecule has 5 nitrogen and oxygen atoms in total. The second-order valence-electron chi connectivity index (χ2n) is 1.56. The number of nitrogens with zero attached hydrogens (tertiary/aromatic N) is 3. The summed E-state index contributed by atoms with van der Waals surface area (Å²) in [7, 11) is 0. The first-order valence-electron chi connectivity index (χ1n) is 2.43. The van der Waals surface area contributed by atoms with Crippen molar-refractivity contribution in [3.8, 4) is 0 Å². The summed E-state index contributed by atoms with van der Waals surface area (Å²) in [5.41, 5.74) is -0.241. The van der Waals surface area contributed by atoms with Gasteiger partial charge in [-0.05, 0) is 22.6 Å². The molecule has 1 rings (SSSR count). The molecule has 58 valence electrons. The second kappa shape index (κ2) is 3.26. The van der Waals surface area contributed by atoms with Crippen LogP contribution in [0.2, 0.25) is 5.15 Å². The van der Waals surface area contributed by atoms with Gasteiger partial charge in [0.05, 0.1) is 4.92 Å². The van der Waals surface area contributed by atoms with Gasteiger partial charge in [-0.25, -0.2) is 9.97 Å². The van der Waals surface area contributed by atoms with Gasteiger partial charge in [0.25, 0.3) is 0 Å². The lowest BCUT2D eigenvalue weighted by molar-refractivity contribution is -0.386. The van der Waals surface area contributed by atoms with Crippen LogP contribution in [0, 0.1) is 13.8 Å². The van der Waals surface area contributed by atoms with Crippen LogP contribution >= 0.6 is 34.2 Å². The molecule has 0 bridgehead atoms. The van der Waals surface area contributed by atoms with Crippen molar-refractivity contribution in [2.45, 2.75) is 0 Å². The predicted molar refractivity (Wildman–Crippen MR) is 46.4 cm³/mol. The van der Waals surface area contributed by atoms with Crippen molar-refractivity contribution in [1.29, 1.82) is 0 Å². The maximum atomic E-state index is 10.3. The molecule has 0 N–H and O–H groups in total. The molecule has 0 unspecified atom stereocenters. The van der Waals surface area contributed by atoms with Gasteiger partial charge in [-0.1, -0.05) is 11.6 Å². The maximum Gasteiger partial charge on any atom is 0.338 e. The highest BCUT2D eigenvalue weighted by Crippen LogP contribution is 2.24. The smallest absolute Gasteiger partial charge is 0.258 e. The number of rotatable bonds is 1. The molecule has 1 aromatic heterocycles. The zero-order valence-corrected chi connectivity index (χ0v) is 7.90. The van der Waals surface area contributed by atoms with E-state index >= 15 is 0 Å². The average Bonchev–Trinajstić information content (AvgIpc) is 1.85. The van der Waals surface area contributed by atoms with Crippen LogP contribution < -0.4 is 0 Å². The summed E-state index contributed by atoms with van der Waals surface area (Å²) in [5, 5.41) is 10.1. The molecule has 1 aromatic rings. The quantitative estimate of drug-likeness (QED) is 0.340. The van der Waals surface area contributed by atoms with E-state index < -0.39 is 4.92 Å². The summed E-state index contributed by atoms with van der Waals surface area (Å²) in [6, 6.07) is 0. The second-order valence-corrected chi connectivity index (χ2v) is 2.94. The number of hydrogen-bond donors (Lipinski definition) is 0. The minimum absolute atomic E-state index is 0.130. The molecule has 1 heterocycles. The number of hydrogen-bond acceptors (Lipinski definition) is 4. The van der Waals surface area contributed by atoms with Crippen LogP contribution in [0.3, 0.4) is 0 Å². The van der Waals surface area contributed by atoms with Crippen LogP contribution in [0.15, 0.2) is 6.33 Å².